The van der Waals surface area contributed by atoms with Crippen LogP contribution in [0.5, 0.6) is 0 Å². The number of halogens is 1. The minimum absolute atomic E-state index is 0. The van der Waals surface area contributed by atoms with Crippen LogP contribution in [0.1, 0.15) is 31.2 Å². The van der Waals surface area contributed by atoms with Gasteiger partial charge in [-0.2, -0.15) is 0 Å². The lowest BCUT2D eigenvalue weighted by atomic mass is 9.95. The Labute approximate surface area is 191 Å². The molecule has 7 heteroatoms. The number of piperidine rings is 1. The highest BCUT2D eigenvalue weighted by Crippen LogP contribution is 2.21. The Kier molecular flexibility index (Phi) is 10.8. The molecule has 1 heterocycles. The van der Waals surface area contributed by atoms with Gasteiger partial charge in [0.1, 0.15) is 0 Å². The van der Waals surface area contributed by atoms with E-state index >= 15 is 0 Å². The first kappa shape index (κ1) is 25.1. The highest BCUT2D eigenvalue weighted by Gasteiger charge is 2.22. The summed E-state index contributed by atoms with van der Waals surface area (Å²) in [7, 11) is 0. The number of carbonyl (C=O) groups excluding carboxylic acids is 2. The van der Waals surface area contributed by atoms with Crippen LogP contribution in [-0.4, -0.2) is 56.0 Å². The van der Waals surface area contributed by atoms with E-state index < -0.39 is 0 Å². The molecule has 4 N–H and O–H groups in total. The minimum Gasteiger partial charge on any atom is -0.369 e. The van der Waals surface area contributed by atoms with Gasteiger partial charge in [-0.05, 0) is 67.6 Å². The van der Waals surface area contributed by atoms with Crippen LogP contribution in [0.25, 0.3) is 10.8 Å². The number of unbranched alkanes of at least 4 members (excludes halogenated alkanes) is 1. The number of nitrogens with one attached hydrogen (secondary N) is 2. The number of hydrogen-bond donors (Lipinski definition) is 3. The number of amides is 2. The fraction of sp³-hybridized carbons (Fsp3) is 0.500. The van der Waals surface area contributed by atoms with Gasteiger partial charge < -0.3 is 21.3 Å². The van der Waals surface area contributed by atoms with Gasteiger partial charge >= 0.3 is 0 Å². The maximum Gasteiger partial charge on any atom is 0.231 e. The van der Waals surface area contributed by atoms with Gasteiger partial charge in [0.05, 0.1) is 13.0 Å². The van der Waals surface area contributed by atoms with Gasteiger partial charge in [-0.25, -0.2) is 0 Å². The van der Waals surface area contributed by atoms with E-state index in [0.717, 1.165) is 64.0 Å². The summed E-state index contributed by atoms with van der Waals surface area (Å²) in [6, 6.07) is 14.5. The maximum atomic E-state index is 12.8. The second-order valence-corrected chi connectivity index (χ2v) is 8.19. The molecule has 3 rings (SSSR count). The van der Waals surface area contributed by atoms with Gasteiger partial charge in [-0.3, -0.25) is 9.59 Å². The molecule has 1 fully saturated rings. The summed E-state index contributed by atoms with van der Waals surface area (Å²) in [6.45, 7) is 4.78. The van der Waals surface area contributed by atoms with E-state index in [2.05, 4.69) is 34.9 Å². The third-order valence-electron chi connectivity index (χ3n) is 5.88. The molecule has 1 saturated heterocycles. The van der Waals surface area contributed by atoms with Crippen LogP contribution in [0.4, 0.5) is 0 Å². The monoisotopic (exact) mass is 446 g/mol. The van der Waals surface area contributed by atoms with Crippen LogP contribution in [0.3, 0.4) is 0 Å². The molecule has 0 aromatic heterocycles. The number of nitrogens with two attached hydrogens (primary N) is 1. The fourth-order valence-corrected chi connectivity index (χ4v) is 4.13. The zero-order valence-electron chi connectivity index (χ0n) is 18.1. The van der Waals surface area contributed by atoms with Gasteiger partial charge in [0.25, 0.3) is 0 Å². The topological polar surface area (TPSA) is 87.5 Å². The van der Waals surface area contributed by atoms with Crippen molar-refractivity contribution in [3.05, 3.63) is 48.0 Å². The number of likely N-dealkylation sites (tertiary alicyclic amines) is 1. The molecule has 2 amide bonds. The molecule has 0 atom stereocenters. The van der Waals surface area contributed by atoms with Crippen LogP contribution < -0.4 is 16.4 Å². The Balaban J connectivity index is 0.00000341. The number of benzene rings is 2. The summed E-state index contributed by atoms with van der Waals surface area (Å²) in [4.78, 5) is 25.5. The van der Waals surface area contributed by atoms with E-state index in [0.29, 0.717) is 12.3 Å². The molecule has 2 aromatic rings. The average molecular weight is 447 g/mol. The molecule has 31 heavy (non-hydrogen) atoms. The molecule has 0 unspecified atom stereocenters. The van der Waals surface area contributed by atoms with E-state index in [4.69, 9.17) is 5.73 Å². The maximum absolute atomic E-state index is 12.8. The van der Waals surface area contributed by atoms with Crippen molar-refractivity contribution < 1.29 is 9.59 Å². The van der Waals surface area contributed by atoms with Gasteiger partial charge in [-0.15, -0.1) is 12.4 Å². The SMILES string of the molecule is Cl.NC(=O)CNCCCCNCC1CCN(C(=O)Cc2cccc3ccccc23)CC1. The first-order valence-electron chi connectivity index (χ1n) is 11.1. The number of carbonyl (C=O) groups is 2. The van der Waals surface area contributed by atoms with E-state index in [1.807, 2.05) is 23.1 Å². The highest BCUT2D eigenvalue weighted by molar-refractivity contribution is 5.90. The molecule has 0 bridgehead atoms. The van der Waals surface area contributed by atoms with Crippen LogP contribution in [0.2, 0.25) is 0 Å². The first-order chi connectivity index (χ1) is 14.6. The number of primary amides is 1. The molecule has 6 nitrogen and oxygen atoms in total. The number of hydrogen-bond acceptors (Lipinski definition) is 4. The normalized spacial score (nSPS) is 14.4. The third kappa shape index (κ3) is 8.13. The summed E-state index contributed by atoms with van der Waals surface area (Å²) in [5.74, 6) is 0.566. The summed E-state index contributed by atoms with van der Waals surface area (Å²) < 4.78 is 0. The zero-order chi connectivity index (χ0) is 21.2. The number of fused-ring (bicyclic) bond motifs is 1. The summed E-state index contributed by atoms with van der Waals surface area (Å²) in [5.41, 5.74) is 6.21. The molecule has 0 saturated carbocycles. The number of nitrogens with zero attached hydrogens (tertiary/aromatic N) is 1. The predicted molar refractivity (Wildman–Crippen MR) is 128 cm³/mol. The molecule has 2 aromatic carbocycles. The standard InChI is InChI=1S/C24H34N4O2.ClH/c25-23(29)18-27-13-4-3-12-26-17-19-10-14-28(15-11-19)24(30)16-21-8-5-7-20-6-1-2-9-22(20)21;/h1-2,5-9,19,26-27H,3-4,10-18H2,(H2,25,29);1H. The van der Waals surface area contributed by atoms with E-state index in [-0.39, 0.29) is 30.8 Å². The molecule has 0 spiro atoms. The van der Waals surface area contributed by atoms with Crippen molar-refractivity contribution in [3.8, 4) is 0 Å². The van der Waals surface area contributed by atoms with E-state index in [1.54, 1.807) is 0 Å². The highest BCUT2D eigenvalue weighted by atomic mass is 35.5. The second kappa shape index (κ2) is 13.3. The van der Waals surface area contributed by atoms with Crippen LogP contribution in [-0.2, 0) is 16.0 Å². The predicted octanol–water partition coefficient (Wildman–Crippen LogP) is 2.49. The lowest BCUT2D eigenvalue weighted by Gasteiger charge is -2.32. The average Bonchev–Trinajstić information content (AvgIpc) is 2.76. The van der Waals surface area contributed by atoms with Gasteiger partial charge in [0.15, 0.2) is 0 Å². The van der Waals surface area contributed by atoms with Crippen LogP contribution in [0, 0.1) is 5.92 Å². The van der Waals surface area contributed by atoms with Crippen molar-refractivity contribution in [2.75, 3.05) is 39.3 Å². The first-order valence-corrected chi connectivity index (χ1v) is 11.1. The summed E-state index contributed by atoms with van der Waals surface area (Å²) in [5, 5.41) is 8.93. The molecule has 170 valence electrons. The Morgan fingerprint density at radius 3 is 2.39 bits per heavy atom. The molecule has 1 aliphatic heterocycles. The quantitative estimate of drug-likeness (QED) is 0.463. The van der Waals surface area contributed by atoms with Crippen molar-refractivity contribution in [1.29, 1.82) is 0 Å². The molecule has 0 radical (unpaired) electrons. The lowest BCUT2D eigenvalue weighted by Crippen LogP contribution is -2.41. The minimum atomic E-state index is -0.310. The van der Waals surface area contributed by atoms with Crippen LogP contribution in [0.15, 0.2) is 42.5 Å². The fourth-order valence-electron chi connectivity index (χ4n) is 4.13. The Morgan fingerprint density at radius 1 is 0.968 bits per heavy atom. The largest absolute Gasteiger partial charge is 0.369 e. The smallest absolute Gasteiger partial charge is 0.231 e. The van der Waals surface area contributed by atoms with Gasteiger partial charge in [0, 0.05) is 13.1 Å². The van der Waals surface area contributed by atoms with Crippen LogP contribution >= 0.6 is 12.4 Å². The Morgan fingerprint density at radius 2 is 1.65 bits per heavy atom. The Bertz CT molecular complexity index is 832. The molecular formula is C24H35ClN4O2. The third-order valence-corrected chi connectivity index (χ3v) is 5.88. The molecule has 1 aliphatic rings. The lowest BCUT2D eigenvalue weighted by molar-refractivity contribution is -0.131. The summed E-state index contributed by atoms with van der Waals surface area (Å²) >= 11 is 0. The van der Waals surface area contributed by atoms with Crippen molar-refractivity contribution in [2.24, 2.45) is 11.7 Å². The van der Waals surface area contributed by atoms with Gasteiger partial charge in [0.2, 0.25) is 11.8 Å². The summed E-state index contributed by atoms with van der Waals surface area (Å²) in [6.07, 6.45) is 4.71. The molecular weight excluding hydrogens is 412 g/mol. The van der Waals surface area contributed by atoms with Crippen molar-refractivity contribution >= 4 is 35.0 Å². The van der Waals surface area contributed by atoms with Crippen molar-refractivity contribution in [1.82, 2.24) is 15.5 Å². The van der Waals surface area contributed by atoms with E-state index in [9.17, 15) is 9.59 Å². The van der Waals surface area contributed by atoms with Crippen molar-refractivity contribution in [3.63, 3.8) is 0 Å². The second-order valence-electron chi connectivity index (χ2n) is 8.19. The van der Waals surface area contributed by atoms with Crippen molar-refractivity contribution in [2.45, 2.75) is 32.1 Å². The Hall–Kier alpha value is -2.15. The molecule has 0 aliphatic carbocycles. The zero-order valence-corrected chi connectivity index (χ0v) is 19.0. The number of rotatable bonds is 11. The van der Waals surface area contributed by atoms with E-state index in [1.165, 1.54) is 10.8 Å². The van der Waals surface area contributed by atoms with Gasteiger partial charge in [-0.1, -0.05) is 42.5 Å².